The number of hydrogen-bond donors (Lipinski definition) is 3. The summed E-state index contributed by atoms with van der Waals surface area (Å²) >= 11 is 1.80. The van der Waals surface area contributed by atoms with Gasteiger partial charge in [0.05, 0.1) is 5.01 Å². The first-order valence-corrected chi connectivity index (χ1v) is 9.96. The van der Waals surface area contributed by atoms with Gasteiger partial charge in [-0.1, -0.05) is 19.1 Å². The topological polar surface area (TPSA) is 65.1 Å². The standard InChI is InChI=1S/C20H27N5S.HI/c1-4-16-13-25-19(26-16)8-10-23-20(21-3)22-9-7-15-12-24-18-11-14(2)5-6-17(15)18;/h5-6,11-13,24H,4,7-10H2,1-3H3,(H2,21,22,23);1H. The van der Waals surface area contributed by atoms with Crippen LogP contribution < -0.4 is 10.6 Å². The number of aromatic nitrogens is 2. The van der Waals surface area contributed by atoms with E-state index in [0.717, 1.165) is 38.3 Å². The third-order valence-electron chi connectivity index (χ3n) is 4.41. The number of benzene rings is 1. The summed E-state index contributed by atoms with van der Waals surface area (Å²) in [5.41, 5.74) is 3.81. The number of fused-ring (bicyclic) bond motifs is 1. The first-order valence-electron chi connectivity index (χ1n) is 9.14. The Hall–Kier alpha value is -1.61. The fourth-order valence-electron chi connectivity index (χ4n) is 2.96. The first-order chi connectivity index (χ1) is 12.7. The largest absolute Gasteiger partial charge is 0.361 e. The van der Waals surface area contributed by atoms with E-state index in [9.17, 15) is 0 Å². The van der Waals surface area contributed by atoms with Crippen LogP contribution in [0.2, 0.25) is 0 Å². The zero-order valence-electron chi connectivity index (χ0n) is 16.1. The van der Waals surface area contributed by atoms with Crippen molar-refractivity contribution >= 4 is 52.2 Å². The maximum atomic E-state index is 4.46. The molecular weight excluding hydrogens is 469 g/mol. The number of aryl methyl sites for hydroxylation is 2. The van der Waals surface area contributed by atoms with Crippen molar-refractivity contribution in [3.63, 3.8) is 0 Å². The summed E-state index contributed by atoms with van der Waals surface area (Å²) in [6.45, 7) is 5.96. The minimum absolute atomic E-state index is 0. The number of H-pyrrole nitrogens is 1. The van der Waals surface area contributed by atoms with Crippen molar-refractivity contribution < 1.29 is 0 Å². The van der Waals surface area contributed by atoms with Crippen molar-refractivity contribution in [1.29, 1.82) is 0 Å². The Morgan fingerprint density at radius 2 is 2.00 bits per heavy atom. The molecule has 1 aromatic carbocycles. The Balaban J connectivity index is 0.00000261. The van der Waals surface area contributed by atoms with Crippen LogP contribution in [0.15, 0.2) is 35.6 Å². The Labute approximate surface area is 182 Å². The smallest absolute Gasteiger partial charge is 0.191 e. The molecule has 27 heavy (non-hydrogen) atoms. The number of thiazole rings is 1. The molecule has 0 aliphatic carbocycles. The molecule has 0 fully saturated rings. The molecule has 0 radical (unpaired) electrons. The highest BCUT2D eigenvalue weighted by Crippen LogP contribution is 2.19. The minimum Gasteiger partial charge on any atom is -0.361 e. The molecule has 0 saturated heterocycles. The molecule has 0 aliphatic heterocycles. The molecule has 0 aliphatic rings. The SMILES string of the molecule is CCc1cnc(CCNC(=NC)NCCc2c[nH]c3cc(C)ccc23)s1.I. The van der Waals surface area contributed by atoms with Gasteiger partial charge in [0.25, 0.3) is 0 Å². The summed E-state index contributed by atoms with van der Waals surface area (Å²) in [6, 6.07) is 6.55. The van der Waals surface area contributed by atoms with Crippen molar-refractivity contribution in [2.45, 2.75) is 33.1 Å². The summed E-state index contributed by atoms with van der Waals surface area (Å²) in [6.07, 6.45) is 7.02. The van der Waals surface area contributed by atoms with Gasteiger partial charge in [0.2, 0.25) is 0 Å². The summed E-state index contributed by atoms with van der Waals surface area (Å²) in [4.78, 5) is 13.5. The molecule has 3 aromatic rings. The molecule has 2 heterocycles. The van der Waals surface area contributed by atoms with Crippen LogP contribution in [0.3, 0.4) is 0 Å². The Bertz CT molecular complexity index is 884. The van der Waals surface area contributed by atoms with Crippen LogP contribution in [-0.4, -0.2) is 36.1 Å². The maximum Gasteiger partial charge on any atom is 0.191 e. The number of hydrogen-bond acceptors (Lipinski definition) is 3. The molecule has 146 valence electrons. The van der Waals surface area contributed by atoms with E-state index in [4.69, 9.17) is 0 Å². The van der Waals surface area contributed by atoms with Gasteiger partial charge in [0, 0.05) is 54.7 Å². The number of halogens is 1. The highest BCUT2D eigenvalue weighted by Gasteiger charge is 2.05. The lowest BCUT2D eigenvalue weighted by molar-refractivity contribution is 0.783. The second-order valence-electron chi connectivity index (χ2n) is 6.36. The molecule has 0 unspecified atom stereocenters. The monoisotopic (exact) mass is 497 g/mol. The van der Waals surface area contributed by atoms with E-state index in [1.807, 2.05) is 13.2 Å². The molecule has 0 saturated carbocycles. The van der Waals surface area contributed by atoms with Crippen LogP contribution in [0, 0.1) is 6.92 Å². The van der Waals surface area contributed by atoms with Gasteiger partial charge in [-0.3, -0.25) is 4.99 Å². The summed E-state index contributed by atoms with van der Waals surface area (Å²) in [7, 11) is 1.81. The van der Waals surface area contributed by atoms with Gasteiger partial charge in [0.15, 0.2) is 5.96 Å². The van der Waals surface area contributed by atoms with E-state index in [2.05, 4.69) is 63.8 Å². The summed E-state index contributed by atoms with van der Waals surface area (Å²) in [5.74, 6) is 0.841. The van der Waals surface area contributed by atoms with Gasteiger partial charge in [-0.2, -0.15) is 0 Å². The molecule has 3 rings (SSSR count). The normalized spacial score (nSPS) is 11.4. The van der Waals surface area contributed by atoms with Gasteiger partial charge in [-0.15, -0.1) is 35.3 Å². The number of aliphatic imine (C=N–C) groups is 1. The highest BCUT2D eigenvalue weighted by atomic mass is 127. The third-order valence-corrected chi connectivity index (χ3v) is 5.62. The second kappa shape index (κ2) is 10.7. The summed E-state index contributed by atoms with van der Waals surface area (Å²) < 4.78 is 0. The fraction of sp³-hybridized carbons (Fsp3) is 0.400. The molecule has 2 aromatic heterocycles. The number of aromatic amines is 1. The molecule has 7 heteroatoms. The van der Waals surface area contributed by atoms with Crippen LogP contribution in [0.5, 0.6) is 0 Å². The average molecular weight is 497 g/mol. The summed E-state index contributed by atoms with van der Waals surface area (Å²) in [5, 5.41) is 9.24. The van der Waals surface area contributed by atoms with Crippen LogP contribution in [-0.2, 0) is 19.3 Å². The van der Waals surface area contributed by atoms with Crippen molar-refractivity contribution in [1.82, 2.24) is 20.6 Å². The van der Waals surface area contributed by atoms with Gasteiger partial charge in [0.1, 0.15) is 0 Å². The third kappa shape index (κ3) is 5.93. The molecule has 0 spiro atoms. The predicted molar refractivity (Wildman–Crippen MR) is 127 cm³/mol. The van der Waals surface area contributed by atoms with Crippen molar-refractivity contribution in [3.8, 4) is 0 Å². The molecule has 5 nitrogen and oxygen atoms in total. The number of nitrogens with zero attached hydrogens (tertiary/aromatic N) is 2. The van der Waals surface area contributed by atoms with E-state index in [-0.39, 0.29) is 24.0 Å². The molecule has 0 atom stereocenters. The lowest BCUT2D eigenvalue weighted by Gasteiger charge is -2.11. The molecule has 0 bridgehead atoms. The quantitative estimate of drug-likeness (QED) is 0.262. The Morgan fingerprint density at radius 1 is 1.22 bits per heavy atom. The zero-order chi connectivity index (χ0) is 18.4. The van der Waals surface area contributed by atoms with Crippen molar-refractivity contribution in [3.05, 3.63) is 51.6 Å². The fourth-order valence-corrected chi connectivity index (χ4v) is 3.82. The van der Waals surface area contributed by atoms with Gasteiger partial charge >= 0.3 is 0 Å². The maximum absolute atomic E-state index is 4.46. The van der Waals surface area contributed by atoms with Gasteiger partial charge < -0.3 is 15.6 Å². The van der Waals surface area contributed by atoms with E-state index < -0.39 is 0 Å². The van der Waals surface area contributed by atoms with E-state index in [1.165, 1.54) is 31.9 Å². The van der Waals surface area contributed by atoms with Crippen LogP contribution >= 0.6 is 35.3 Å². The van der Waals surface area contributed by atoms with Crippen LogP contribution in [0.25, 0.3) is 10.9 Å². The van der Waals surface area contributed by atoms with Crippen LogP contribution in [0.1, 0.15) is 27.9 Å². The Kier molecular flexibility index (Phi) is 8.56. The second-order valence-corrected chi connectivity index (χ2v) is 7.56. The average Bonchev–Trinajstić information content (AvgIpc) is 3.27. The van der Waals surface area contributed by atoms with Crippen molar-refractivity contribution in [2.75, 3.05) is 20.1 Å². The number of rotatable bonds is 7. The highest BCUT2D eigenvalue weighted by molar-refractivity contribution is 14.0. The lowest BCUT2D eigenvalue weighted by atomic mass is 10.1. The van der Waals surface area contributed by atoms with Crippen LogP contribution in [0.4, 0.5) is 0 Å². The first kappa shape index (κ1) is 21.7. The van der Waals surface area contributed by atoms with E-state index >= 15 is 0 Å². The van der Waals surface area contributed by atoms with Gasteiger partial charge in [-0.25, -0.2) is 4.98 Å². The molecular formula is C20H28IN5S. The lowest BCUT2D eigenvalue weighted by Crippen LogP contribution is -2.39. The minimum atomic E-state index is 0. The van der Waals surface area contributed by atoms with Gasteiger partial charge in [-0.05, 0) is 37.0 Å². The number of nitrogens with one attached hydrogen (secondary N) is 3. The zero-order valence-corrected chi connectivity index (χ0v) is 19.3. The van der Waals surface area contributed by atoms with E-state index in [0.29, 0.717) is 0 Å². The van der Waals surface area contributed by atoms with Crippen molar-refractivity contribution in [2.24, 2.45) is 4.99 Å². The molecule has 0 amide bonds. The predicted octanol–water partition coefficient (Wildman–Crippen LogP) is 4.06. The number of guanidine groups is 1. The Morgan fingerprint density at radius 3 is 2.70 bits per heavy atom. The van der Waals surface area contributed by atoms with E-state index in [1.54, 1.807) is 11.3 Å². The molecule has 3 N–H and O–H groups in total.